The van der Waals surface area contributed by atoms with Crippen LogP contribution in [0.3, 0.4) is 0 Å². The molecule has 1 aliphatic heterocycles. The van der Waals surface area contributed by atoms with Crippen LogP contribution in [0.1, 0.15) is 10.4 Å². The lowest BCUT2D eigenvalue weighted by Gasteiger charge is -2.29. The number of fused-ring (bicyclic) bond motifs is 1. The van der Waals surface area contributed by atoms with Gasteiger partial charge in [0.15, 0.2) is 17.6 Å². The van der Waals surface area contributed by atoms with Crippen LogP contribution in [0.15, 0.2) is 85.1 Å². The second kappa shape index (κ2) is 9.31. The Morgan fingerprint density at radius 2 is 1.74 bits per heavy atom. The summed E-state index contributed by atoms with van der Waals surface area (Å²) in [6.45, 7) is 0.742. The summed E-state index contributed by atoms with van der Waals surface area (Å²) in [4.78, 5) is 15.3. The fraction of sp³-hybridized carbons (Fsp3) is 0.185. The molecule has 34 heavy (non-hydrogen) atoms. The SMILES string of the molecule is COc1ccccc1-c1nn(-c2ccccc2)cc1C(=O)N(C)C[C@H]1COc2ccccc2O1. The van der Waals surface area contributed by atoms with Crippen molar-refractivity contribution in [2.75, 3.05) is 27.3 Å². The van der Waals surface area contributed by atoms with Gasteiger partial charge in [-0.1, -0.05) is 42.5 Å². The van der Waals surface area contributed by atoms with Gasteiger partial charge in [0.25, 0.3) is 5.91 Å². The number of methoxy groups -OCH3 is 1. The number of ether oxygens (including phenoxy) is 3. The summed E-state index contributed by atoms with van der Waals surface area (Å²) in [5.41, 5.74) is 2.65. The maximum Gasteiger partial charge on any atom is 0.257 e. The summed E-state index contributed by atoms with van der Waals surface area (Å²) >= 11 is 0. The number of benzene rings is 3. The van der Waals surface area contributed by atoms with Gasteiger partial charge in [-0.3, -0.25) is 4.79 Å². The lowest BCUT2D eigenvalue weighted by molar-refractivity contribution is 0.0521. The van der Waals surface area contributed by atoms with Gasteiger partial charge in [-0.15, -0.1) is 0 Å². The number of para-hydroxylation sites is 4. The number of rotatable bonds is 6. The highest BCUT2D eigenvalue weighted by atomic mass is 16.6. The minimum absolute atomic E-state index is 0.162. The Balaban J connectivity index is 1.46. The van der Waals surface area contributed by atoms with Crippen LogP contribution < -0.4 is 14.2 Å². The lowest BCUT2D eigenvalue weighted by atomic mass is 10.1. The van der Waals surface area contributed by atoms with Crippen molar-refractivity contribution in [2.45, 2.75) is 6.10 Å². The number of carbonyl (C=O) groups excluding carboxylic acids is 1. The summed E-state index contributed by atoms with van der Waals surface area (Å²) in [6, 6.07) is 24.8. The summed E-state index contributed by atoms with van der Waals surface area (Å²) in [5, 5.41) is 4.77. The van der Waals surface area contributed by atoms with Gasteiger partial charge in [-0.25, -0.2) is 4.68 Å². The van der Waals surface area contributed by atoms with Crippen LogP contribution >= 0.6 is 0 Å². The Labute approximate surface area is 198 Å². The first kappa shape index (κ1) is 21.6. The zero-order valence-corrected chi connectivity index (χ0v) is 19.0. The van der Waals surface area contributed by atoms with Gasteiger partial charge in [-0.05, 0) is 36.4 Å². The molecule has 0 N–H and O–H groups in total. The van der Waals surface area contributed by atoms with Gasteiger partial charge >= 0.3 is 0 Å². The molecule has 7 heteroatoms. The summed E-state index contributed by atoms with van der Waals surface area (Å²) < 4.78 is 19.1. The van der Waals surface area contributed by atoms with Crippen LogP contribution in [0.4, 0.5) is 0 Å². The normalized spacial score (nSPS) is 14.5. The molecule has 0 radical (unpaired) electrons. The van der Waals surface area contributed by atoms with E-state index in [0.717, 1.165) is 17.0 Å². The molecular weight excluding hydrogens is 430 g/mol. The molecule has 172 valence electrons. The average Bonchev–Trinajstić information content (AvgIpc) is 3.34. The lowest BCUT2D eigenvalue weighted by Crippen LogP contribution is -2.41. The van der Waals surface area contributed by atoms with Crippen molar-refractivity contribution < 1.29 is 19.0 Å². The van der Waals surface area contributed by atoms with Crippen LogP contribution in [0.2, 0.25) is 0 Å². The number of likely N-dealkylation sites (N-methyl/N-ethyl adjacent to an activating group) is 1. The molecule has 0 saturated carbocycles. The maximum absolute atomic E-state index is 13.6. The van der Waals surface area contributed by atoms with Gasteiger partial charge in [-0.2, -0.15) is 5.10 Å². The van der Waals surface area contributed by atoms with Gasteiger partial charge in [0.1, 0.15) is 18.1 Å². The third-order valence-electron chi connectivity index (χ3n) is 5.72. The topological polar surface area (TPSA) is 65.8 Å². The molecule has 0 fully saturated rings. The Morgan fingerprint density at radius 1 is 1.03 bits per heavy atom. The maximum atomic E-state index is 13.6. The fourth-order valence-corrected chi connectivity index (χ4v) is 4.03. The zero-order valence-electron chi connectivity index (χ0n) is 19.0. The molecule has 1 atom stereocenters. The number of carbonyl (C=O) groups is 1. The van der Waals surface area contributed by atoms with E-state index in [1.54, 1.807) is 29.9 Å². The first-order chi connectivity index (χ1) is 16.6. The predicted octanol–water partition coefficient (Wildman–Crippen LogP) is 4.46. The Kier molecular flexibility index (Phi) is 5.91. The minimum atomic E-state index is -0.275. The van der Waals surface area contributed by atoms with Gasteiger partial charge in [0.05, 0.1) is 24.9 Å². The molecule has 0 spiro atoms. The van der Waals surface area contributed by atoms with E-state index in [9.17, 15) is 4.79 Å². The zero-order chi connectivity index (χ0) is 23.5. The first-order valence-corrected chi connectivity index (χ1v) is 11.1. The predicted molar refractivity (Wildman–Crippen MR) is 129 cm³/mol. The fourth-order valence-electron chi connectivity index (χ4n) is 4.03. The molecule has 0 bridgehead atoms. The van der Waals surface area contributed by atoms with Crippen LogP contribution in [-0.4, -0.2) is 54.0 Å². The Morgan fingerprint density at radius 3 is 2.53 bits per heavy atom. The molecule has 0 unspecified atom stereocenters. The van der Waals surface area contributed by atoms with Gasteiger partial charge in [0.2, 0.25) is 0 Å². The van der Waals surface area contributed by atoms with Crippen molar-refractivity contribution >= 4 is 5.91 Å². The van der Waals surface area contributed by atoms with E-state index < -0.39 is 0 Å². The van der Waals surface area contributed by atoms with E-state index in [1.807, 2.05) is 78.9 Å². The van der Waals surface area contributed by atoms with Crippen LogP contribution in [0.25, 0.3) is 16.9 Å². The number of nitrogens with zero attached hydrogens (tertiary/aromatic N) is 3. The Hall–Kier alpha value is -4.26. The minimum Gasteiger partial charge on any atom is -0.496 e. The molecule has 5 rings (SSSR count). The summed E-state index contributed by atoms with van der Waals surface area (Å²) in [5.74, 6) is 1.89. The quantitative estimate of drug-likeness (QED) is 0.430. The monoisotopic (exact) mass is 455 g/mol. The molecule has 3 aromatic carbocycles. The van der Waals surface area contributed by atoms with E-state index in [2.05, 4.69) is 0 Å². The van der Waals surface area contributed by atoms with Crippen molar-refractivity contribution in [1.82, 2.24) is 14.7 Å². The molecule has 0 aliphatic carbocycles. The van der Waals surface area contributed by atoms with Crippen molar-refractivity contribution in [3.8, 4) is 34.2 Å². The molecule has 1 aliphatic rings. The van der Waals surface area contributed by atoms with E-state index in [1.165, 1.54) is 0 Å². The largest absolute Gasteiger partial charge is 0.496 e. The van der Waals surface area contributed by atoms with E-state index >= 15 is 0 Å². The average molecular weight is 456 g/mol. The smallest absolute Gasteiger partial charge is 0.257 e. The van der Waals surface area contributed by atoms with E-state index in [0.29, 0.717) is 35.9 Å². The van der Waals surface area contributed by atoms with Crippen molar-refractivity contribution in [3.05, 3.63) is 90.6 Å². The third kappa shape index (κ3) is 4.20. The van der Waals surface area contributed by atoms with E-state index in [4.69, 9.17) is 19.3 Å². The van der Waals surface area contributed by atoms with Crippen molar-refractivity contribution in [3.63, 3.8) is 0 Å². The Bertz CT molecular complexity index is 1300. The first-order valence-electron chi connectivity index (χ1n) is 11.1. The summed E-state index contributed by atoms with van der Waals surface area (Å²) in [7, 11) is 3.37. The van der Waals surface area contributed by atoms with Crippen LogP contribution in [-0.2, 0) is 0 Å². The molecule has 2 heterocycles. The third-order valence-corrected chi connectivity index (χ3v) is 5.72. The molecular formula is C27H25N3O4. The van der Waals surface area contributed by atoms with Crippen molar-refractivity contribution in [1.29, 1.82) is 0 Å². The molecule has 4 aromatic rings. The van der Waals surface area contributed by atoms with Gasteiger partial charge < -0.3 is 19.1 Å². The number of amides is 1. The number of aromatic nitrogens is 2. The van der Waals surface area contributed by atoms with Crippen molar-refractivity contribution in [2.24, 2.45) is 0 Å². The van der Waals surface area contributed by atoms with Gasteiger partial charge in [0, 0.05) is 18.8 Å². The highest BCUT2D eigenvalue weighted by Crippen LogP contribution is 2.33. The molecule has 1 aromatic heterocycles. The molecule has 1 amide bonds. The summed E-state index contributed by atoms with van der Waals surface area (Å²) in [6.07, 6.45) is 1.49. The second-order valence-corrected chi connectivity index (χ2v) is 8.06. The highest BCUT2D eigenvalue weighted by molar-refractivity contribution is 6.00. The van der Waals surface area contributed by atoms with E-state index in [-0.39, 0.29) is 12.0 Å². The second-order valence-electron chi connectivity index (χ2n) is 8.06. The standard InChI is InChI=1S/C27H25N3O4/c1-29(16-20-18-33-24-14-8-9-15-25(24)34-20)27(31)22-17-30(19-10-4-3-5-11-19)28-26(22)21-12-6-7-13-23(21)32-2/h3-15,17,20H,16,18H2,1-2H3/t20-/m0/s1. The number of hydrogen-bond acceptors (Lipinski definition) is 5. The van der Waals surface area contributed by atoms with Crippen LogP contribution in [0.5, 0.6) is 17.2 Å². The molecule has 0 saturated heterocycles. The highest BCUT2D eigenvalue weighted by Gasteiger charge is 2.27. The van der Waals surface area contributed by atoms with Crippen LogP contribution in [0, 0.1) is 0 Å². The molecule has 7 nitrogen and oxygen atoms in total. The number of hydrogen-bond donors (Lipinski definition) is 0.